The Morgan fingerprint density at radius 1 is 1.23 bits per heavy atom. The third kappa shape index (κ3) is 2.84. The summed E-state index contributed by atoms with van der Waals surface area (Å²) < 4.78 is 9.55. The van der Waals surface area contributed by atoms with E-state index in [1.165, 1.54) is 5.69 Å². The maximum atomic E-state index is 9.56. The highest BCUT2D eigenvalue weighted by molar-refractivity contribution is 7.19. The lowest BCUT2D eigenvalue weighted by atomic mass is 9.99. The second-order valence-electron chi connectivity index (χ2n) is 7.80. The third-order valence-electron chi connectivity index (χ3n) is 5.91. The van der Waals surface area contributed by atoms with E-state index in [2.05, 4.69) is 15.3 Å². The fraction of sp³-hybridized carbons (Fsp3) is 0.318. The Labute approximate surface area is 182 Å². The summed E-state index contributed by atoms with van der Waals surface area (Å²) >= 11 is 8.06. The summed E-state index contributed by atoms with van der Waals surface area (Å²) in [4.78, 5) is 5.35. The van der Waals surface area contributed by atoms with Crippen LogP contribution in [0.5, 0.6) is 5.75 Å². The third-order valence-corrected chi connectivity index (χ3v) is 7.27. The summed E-state index contributed by atoms with van der Waals surface area (Å²) in [5.74, 6) is 0.855. The molecule has 1 aromatic carbocycles. The molecule has 1 unspecified atom stereocenters. The van der Waals surface area contributed by atoms with Crippen LogP contribution in [0.25, 0.3) is 21.3 Å². The molecule has 0 spiro atoms. The first kappa shape index (κ1) is 18.3. The second kappa shape index (κ2) is 7.04. The van der Waals surface area contributed by atoms with Crippen molar-refractivity contribution in [2.75, 3.05) is 0 Å². The van der Waals surface area contributed by atoms with Crippen molar-refractivity contribution in [2.45, 2.75) is 44.9 Å². The van der Waals surface area contributed by atoms with Crippen molar-refractivity contribution >= 4 is 33.2 Å². The van der Waals surface area contributed by atoms with E-state index >= 15 is 0 Å². The van der Waals surface area contributed by atoms with Crippen LogP contribution in [0.3, 0.4) is 0 Å². The molecule has 0 fully saturated rings. The average molecular weight is 439 g/mol. The Balaban J connectivity index is 1.45. The second-order valence-corrected chi connectivity index (χ2v) is 9.37. The number of ether oxygens (including phenoxy) is 1. The Morgan fingerprint density at radius 3 is 3.07 bits per heavy atom. The zero-order valence-corrected chi connectivity index (χ0v) is 17.7. The molecule has 5 heterocycles. The first-order chi connectivity index (χ1) is 14.7. The molecule has 3 aromatic heterocycles. The minimum atomic E-state index is -0.146. The quantitative estimate of drug-likeness (QED) is 0.501. The highest BCUT2D eigenvalue weighted by atomic mass is 35.5. The molecule has 6 rings (SSSR count). The van der Waals surface area contributed by atoms with E-state index in [0.29, 0.717) is 5.02 Å². The van der Waals surface area contributed by atoms with E-state index < -0.39 is 0 Å². The predicted octanol–water partition coefficient (Wildman–Crippen LogP) is 4.71. The van der Waals surface area contributed by atoms with Gasteiger partial charge < -0.3 is 9.84 Å². The molecular formula is C22H19ClN4O2S. The topological polar surface area (TPSA) is 73.1 Å². The molecule has 0 radical (unpaired) electrons. The molecule has 0 saturated heterocycles. The fourth-order valence-electron chi connectivity index (χ4n) is 4.54. The first-order valence-electron chi connectivity index (χ1n) is 10.1. The van der Waals surface area contributed by atoms with Gasteiger partial charge in [0.05, 0.1) is 22.5 Å². The van der Waals surface area contributed by atoms with Gasteiger partial charge >= 0.3 is 0 Å². The number of hydrogen-bond donors (Lipinski definition) is 1. The van der Waals surface area contributed by atoms with E-state index in [4.69, 9.17) is 16.3 Å². The summed E-state index contributed by atoms with van der Waals surface area (Å²) in [5, 5.41) is 19.1. The summed E-state index contributed by atoms with van der Waals surface area (Å²) in [7, 11) is 0. The molecule has 1 atom stereocenters. The Morgan fingerprint density at radius 2 is 2.17 bits per heavy atom. The average Bonchev–Trinajstić information content (AvgIpc) is 3.48. The number of halogens is 1. The van der Waals surface area contributed by atoms with Crippen molar-refractivity contribution in [1.29, 1.82) is 0 Å². The lowest BCUT2D eigenvalue weighted by Crippen LogP contribution is -2.14. The number of aliphatic hydroxyl groups is 1. The number of aliphatic hydroxyl groups excluding tert-OH is 1. The highest BCUT2D eigenvalue weighted by Crippen LogP contribution is 2.47. The number of benzene rings is 1. The van der Waals surface area contributed by atoms with Crippen molar-refractivity contribution < 1.29 is 9.84 Å². The molecular weight excluding hydrogens is 420 g/mol. The molecule has 8 heteroatoms. The smallest absolute Gasteiger partial charge is 0.148 e. The van der Waals surface area contributed by atoms with Crippen LogP contribution in [0, 0.1) is 0 Å². The maximum Gasteiger partial charge on any atom is 0.148 e. The number of rotatable bonds is 3. The monoisotopic (exact) mass is 438 g/mol. The fourth-order valence-corrected chi connectivity index (χ4v) is 5.78. The van der Waals surface area contributed by atoms with Crippen molar-refractivity contribution in [2.24, 2.45) is 0 Å². The molecule has 0 saturated carbocycles. The summed E-state index contributed by atoms with van der Waals surface area (Å²) in [6.07, 6.45) is 5.69. The van der Waals surface area contributed by atoms with Gasteiger partial charge in [0, 0.05) is 45.8 Å². The van der Waals surface area contributed by atoms with Gasteiger partial charge in [0.15, 0.2) is 0 Å². The SMILES string of the molecule is OCc1cc2nccc(-c3cc(Cl)cc4c3OC(c3nnn5c3CCCC5)C4)c2s1. The van der Waals surface area contributed by atoms with E-state index in [0.717, 1.165) is 75.5 Å². The predicted molar refractivity (Wildman–Crippen MR) is 116 cm³/mol. The lowest BCUT2D eigenvalue weighted by Gasteiger charge is -2.16. The minimum Gasteiger partial charge on any atom is -0.483 e. The largest absolute Gasteiger partial charge is 0.483 e. The molecule has 1 N–H and O–H groups in total. The van der Waals surface area contributed by atoms with Crippen LogP contribution >= 0.6 is 22.9 Å². The molecule has 2 aliphatic heterocycles. The van der Waals surface area contributed by atoms with Crippen molar-refractivity contribution in [3.8, 4) is 16.9 Å². The van der Waals surface area contributed by atoms with Crippen molar-refractivity contribution in [3.05, 3.63) is 57.3 Å². The summed E-state index contributed by atoms with van der Waals surface area (Å²) in [6, 6.07) is 7.86. The van der Waals surface area contributed by atoms with Crippen LogP contribution in [0.15, 0.2) is 30.5 Å². The number of fused-ring (bicyclic) bond motifs is 3. The van der Waals surface area contributed by atoms with Gasteiger partial charge in [-0.25, -0.2) is 4.68 Å². The standard InChI is InChI=1S/C22H19ClN4O2S/c23-13-7-12-8-19(20-18-3-1-2-6-27(18)26-25-20)29-21(12)16(9-13)15-4-5-24-17-10-14(11-28)30-22(15)17/h4-5,7,9-10,19,28H,1-3,6,8,11H2. The first-order valence-corrected chi connectivity index (χ1v) is 11.3. The van der Waals surface area contributed by atoms with E-state index in [-0.39, 0.29) is 12.7 Å². The molecule has 0 amide bonds. The zero-order chi connectivity index (χ0) is 20.2. The van der Waals surface area contributed by atoms with Crippen molar-refractivity contribution in [3.63, 3.8) is 0 Å². The van der Waals surface area contributed by atoms with Crippen LogP contribution in [-0.2, 0) is 26.0 Å². The maximum absolute atomic E-state index is 9.56. The van der Waals surface area contributed by atoms with E-state index in [1.807, 2.05) is 28.9 Å². The van der Waals surface area contributed by atoms with Crippen LogP contribution in [0.2, 0.25) is 5.02 Å². The Kier molecular flexibility index (Phi) is 4.30. The molecule has 0 bridgehead atoms. The van der Waals surface area contributed by atoms with Gasteiger partial charge in [-0.3, -0.25) is 4.98 Å². The molecule has 152 valence electrons. The van der Waals surface area contributed by atoms with Gasteiger partial charge in [0.1, 0.15) is 17.5 Å². The Bertz CT molecular complexity index is 1280. The normalized spacial score (nSPS) is 17.7. The minimum absolute atomic E-state index is 0.00509. The van der Waals surface area contributed by atoms with E-state index in [1.54, 1.807) is 17.5 Å². The van der Waals surface area contributed by atoms with Gasteiger partial charge in [0.2, 0.25) is 0 Å². The highest BCUT2D eigenvalue weighted by Gasteiger charge is 2.33. The van der Waals surface area contributed by atoms with Gasteiger partial charge in [-0.2, -0.15) is 0 Å². The number of hydrogen-bond acceptors (Lipinski definition) is 6. The van der Waals surface area contributed by atoms with E-state index in [9.17, 15) is 5.11 Å². The van der Waals surface area contributed by atoms with Crippen LogP contribution in [0.4, 0.5) is 0 Å². The summed E-state index contributed by atoms with van der Waals surface area (Å²) in [6.45, 7) is 0.935. The summed E-state index contributed by atoms with van der Waals surface area (Å²) in [5.41, 5.74) is 6.09. The van der Waals surface area contributed by atoms with Crippen LogP contribution in [-0.4, -0.2) is 25.1 Å². The van der Waals surface area contributed by atoms with Crippen LogP contribution < -0.4 is 4.74 Å². The lowest BCUT2D eigenvalue weighted by molar-refractivity contribution is 0.232. The van der Waals surface area contributed by atoms with Gasteiger partial charge in [-0.05, 0) is 43.5 Å². The number of aryl methyl sites for hydroxylation is 1. The van der Waals surface area contributed by atoms with Gasteiger partial charge in [-0.15, -0.1) is 16.4 Å². The molecule has 30 heavy (non-hydrogen) atoms. The van der Waals surface area contributed by atoms with Gasteiger partial charge in [0.25, 0.3) is 0 Å². The molecule has 0 aliphatic carbocycles. The molecule has 2 aliphatic rings. The van der Waals surface area contributed by atoms with Gasteiger partial charge in [-0.1, -0.05) is 16.8 Å². The van der Waals surface area contributed by atoms with Crippen LogP contribution in [0.1, 0.15) is 40.8 Å². The Hall–Kier alpha value is -2.48. The number of thiophene rings is 1. The zero-order valence-electron chi connectivity index (χ0n) is 16.1. The molecule has 6 nitrogen and oxygen atoms in total. The number of nitrogens with zero attached hydrogens (tertiary/aromatic N) is 4. The number of aromatic nitrogens is 4. The molecule has 4 aromatic rings. The van der Waals surface area contributed by atoms with Crippen molar-refractivity contribution in [1.82, 2.24) is 20.0 Å². The number of pyridine rings is 1.